The quantitative estimate of drug-likeness (QED) is 0.907. The monoisotopic (exact) mass is 260 g/mol. The van der Waals surface area contributed by atoms with Crippen LogP contribution in [0.1, 0.15) is 31.0 Å². The van der Waals surface area contributed by atoms with Gasteiger partial charge in [-0.3, -0.25) is 0 Å². The molecule has 0 atom stereocenters. The van der Waals surface area contributed by atoms with E-state index in [2.05, 4.69) is 30.2 Å². The van der Waals surface area contributed by atoms with E-state index in [0.29, 0.717) is 11.9 Å². The normalized spacial score (nSPS) is 10.8. The molecule has 0 bridgehead atoms. The zero-order valence-corrected chi connectivity index (χ0v) is 12.1. The highest BCUT2D eigenvalue weighted by atomic mass is 16.5. The van der Waals surface area contributed by atoms with Crippen LogP contribution in [0.25, 0.3) is 11.3 Å². The molecule has 1 aromatic carbocycles. The van der Waals surface area contributed by atoms with Gasteiger partial charge in [-0.25, -0.2) is 0 Å². The van der Waals surface area contributed by atoms with Gasteiger partial charge in [0.25, 0.3) is 6.01 Å². The van der Waals surface area contributed by atoms with Crippen molar-refractivity contribution in [2.45, 2.75) is 26.7 Å². The van der Waals surface area contributed by atoms with Gasteiger partial charge in [0.1, 0.15) is 5.75 Å². The van der Waals surface area contributed by atoms with Crippen LogP contribution in [0.4, 0.5) is 6.01 Å². The Morgan fingerprint density at radius 2 is 2.05 bits per heavy atom. The van der Waals surface area contributed by atoms with Gasteiger partial charge in [-0.15, -0.1) is 0 Å². The Kier molecular flexibility index (Phi) is 3.79. The maximum atomic E-state index is 5.69. The maximum absolute atomic E-state index is 5.69. The van der Waals surface area contributed by atoms with E-state index < -0.39 is 0 Å². The SMILES string of the molecule is CNc1nc(C)c(-c2ccc(OC)c(C(C)C)c2)o1. The van der Waals surface area contributed by atoms with Gasteiger partial charge in [0.15, 0.2) is 5.76 Å². The number of ether oxygens (including phenoxy) is 1. The first kappa shape index (κ1) is 13.5. The number of nitrogens with zero attached hydrogens (tertiary/aromatic N) is 1. The van der Waals surface area contributed by atoms with Crippen LogP contribution < -0.4 is 10.1 Å². The van der Waals surface area contributed by atoms with Crippen molar-refractivity contribution < 1.29 is 9.15 Å². The predicted molar refractivity (Wildman–Crippen MR) is 76.9 cm³/mol. The Hall–Kier alpha value is -1.97. The molecule has 0 radical (unpaired) electrons. The lowest BCUT2D eigenvalue weighted by molar-refractivity contribution is 0.407. The molecule has 0 spiro atoms. The summed E-state index contributed by atoms with van der Waals surface area (Å²) in [5.41, 5.74) is 3.07. The van der Waals surface area contributed by atoms with Gasteiger partial charge in [0.2, 0.25) is 0 Å². The average molecular weight is 260 g/mol. The smallest absolute Gasteiger partial charge is 0.295 e. The van der Waals surface area contributed by atoms with Crippen molar-refractivity contribution >= 4 is 6.01 Å². The Morgan fingerprint density at radius 1 is 1.32 bits per heavy atom. The van der Waals surface area contributed by atoms with Crippen LogP contribution in [-0.2, 0) is 0 Å². The van der Waals surface area contributed by atoms with Crippen molar-refractivity contribution in [1.29, 1.82) is 0 Å². The molecule has 0 saturated heterocycles. The number of benzene rings is 1. The molecule has 19 heavy (non-hydrogen) atoms. The molecule has 0 fully saturated rings. The van der Waals surface area contributed by atoms with Crippen LogP contribution in [0, 0.1) is 6.92 Å². The molecule has 102 valence electrons. The van der Waals surface area contributed by atoms with E-state index in [1.165, 1.54) is 5.56 Å². The number of aromatic nitrogens is 1. The van der Waals surface area contributed by atoms with Crippen LogP contribution in [0.5, 0.6) is 5.75 Å². The van der Waals surface area contributed by atoms with Gasteiger partial charge in [-0.05, 0) is 36.6 Å². The lowest BCUT2D eigenvalue weighted by atomic mass is 9.98. The first-order valence-electron chi connectivity index (χ1n) is 6.40. The summed E-state index contributed by atoms with van der Waals surface area (Å²) in [4.78, 5) is 4.31. The fourth-order valence-corrected chi connectivity index (χ4v) is 2.10. The highest BCUT2D eigenvalue weighted by Gasteiger charge is 2.14. The van der Waals surface area contributed by atoms with Crippen molar-refractivity contribution in [3.8, 4) is 17.1 Å². The minimum absolute atomic E-state index is 0.391. The lowest BCUT2D eigenvalue weighted by Gasteiger charge is -2.12. The van der Waals surface area contributed by atoms with E-state index in [-0.39, 0.29) is 0 Å². The summed E-state index contributed by atoms with van der Waals surface area (Å²) in [6.07, 6.45) is 0. The molecule has 0 aliphatic heterocycles. The molecule has 2 aromatic rings. The fourth-order valence-electron chi connectivity index (χ4n) is 2.10. The Labute approximate surface area is 113 Å². The molecule has 4 nitrogen and oxygen atoms in total. The zero-order chi connectivity index (χ0) is 14.0. The van der Waals surface area contributed by atoms with Gasteiger partial charge in [-0.1, -0.05) is 13.8 Å². The number of methoxy groups -OCH3 is 1. The van der Waals surface area contributed by atoms with Crippen LogP contribution in [-0.4, -0.2) is 19.1 Å². The number of rotatable bonds is 4. The van der Waals surface area contributed by atoms with Crippen molar-refractivity contribution in [2.24, 2.45) is 0 Å². The summed E-state index contributed by atoms with van der Waals surface area (Å²) in [6.45, 7) is 6.24. The van der Waals surface area contributed by atoms with Crippen LogP contribution >= 0.6 is 0 Å². The molecular weight excluding hydrogens is 240 g/mol. The predicted octanol–water partition coefficient (Wildman–Crippen LogP) is 3.82. The summed E-state index contributed by atoms with van der Waals surface area (Å²) in [7, 11) is 3.49. The van der Waals surface area contributed by atoms with Gasteiger partial charge in [-0.2, -0.15) is 4.98 Å². The number of oxazole rings is 1. The van der Waals surface area contributed by atoms with Crippen molar-refractivity contribution in [2.75, 3.05) is 19.5 Å². The second kappa shape index (κ2) is 5.34. The zero-order valence-electron chi connectivity index (χ0n) is 12.1. The molecule has 0 amide bonds. The maximum Gasteiger partial charge on any atom is 0.295 e. The first-order valence-corrected chi connectivity index (χ1v) is 6.40. The standard InChI is InChI=1S/C15H20N2O2/c1-9(2)12-8-11(6-7-13(12)18-5)14-10(3)17-15(16-4)19-14/h6-9H,1-5H3,(H,16,17). The number of hydrogen-bond acceptors (Lipinski definition) is 4. The summed E-state index contributed by atoms with van der Waals surface area (Å²) in [5.74, 6) is 2.10. The van der Waals surface area contributed by atoms with Gasteiger partial charge >= 0.3 is 0 Å². The van der Waals surface area contributed by atoms with E-state index in [1.807, 2.05) is 19.1 Å². The summed E-state index contributed by atoms with van der Waals surface area (Å²) < 4.78 is 11.1. The van der Waals surface area contributed by atoms with Crippen LogP contribution in [0.15, 0.2) is 22.6 Å². The number of anilines is 1. The first-order chi connectivity index (χ1) is 9.06. The second-order valence-corrected chi connectivity index (χ2v) is 4.79. The minimum Gasteiger partial charge on any atom is -0.496 e. The van der Waals surface area contributed by atoms with E-state index >= 15 is 0 Å². The number of aryl methyl sites for hydroxylation is 1. The number of nitrogens with one attached hydrogen (secondary N) is 1. The number of hydrogen-bond donors (Lipinski definition) is 1. The van der Waals surface area contributed by atoms with E-state index in [4.69, 9.17) is 9.15 Å². The average Bonchev–Trinajstić information content (AvgIpc) is 2.79. The molecule has 0 aliphatic carbocycles. The Bertz CT molecular complexity index is 574. The van der Waals surface area contributed by atoms with Gasteiger partial charge in [0, 0.05) is 12.6 Å². The van der Waals surface area contributed by atoms with E-state index in [0.717, 1.165) is 22.8 Å². The third-order valence-corrected chi connectivity index (χ3v) is 3.12. The van der Waals surface area contributed by atoms with Gasteiger partial charge < -0.3 is 14.5 Å². The topological polar surface area (TPSA) is 47.3 Å². The Morgan fingerprint density at radius 3 is 2.58 bits per heavy atom. The molecule has 0 unspecified atom stereocenters. The van der Waals surface area contributed by atoms with Crippen molar-refractivity contribution in [3.05, 3.63) is 29.5 Å². The third kappa shape index (κ3) is 2.57. The highest BCUT2D eigenvalue weighted by Crippen LogP contribution is 2.33. The largest absolute Gasteiger partial charge is 0.496 e. The fraction of sp³-hybridized carbons (Fsp3) is 0.400. The van der Waals surface area contributed by atoms with Crippen molar-refractivity contribution in [3.63, 3.8) is 0 Å². The minimum atomic E-state index is 0.391. The summed E-state index contributed by atoms with van der Waals surface area (Å²) in [6, 6.07) is 6.62. The molecule has 1 heterocycles. The second-order valence-electron chi connectivity index (χ2n) is 4.79. The molecule has 4 heteroatoms. The molecule has 0 saturated carbocycles. The van der Waals surface area contributed by atoms with Crippen molar-refractivity contribution in [1.82, 2.24) is 4.98 Å². The lowest BCUT2D eigenvalue weighted by Crippen LogP contribution is -1.95. The summed E-state index contributed by atoms with van der Waals surface area (Å²) >= 11 is 0. The third-order valence-electron chi connectivity index (χ3n) is 3.12. The molecule has 0 aliphatic rings. The molecule has 1 aromatic heterocycles. The summed E-state index contributed by atoms with van der Waals surface area (Å²) in [5, 5.41) is 2.92. The van der Waals surface area contributed by atoms with E-state index in [1.54, 1.807) is 14.2 Å². The molecular formula is C15H20N2O2. The van der Waals surface area contributed by atoms with Crippen LogP contribution in [0.3, 0.4) is 0 Å². The molecule has 1 N–H and O–H groups in total. The van der Waals surface area contributed by atoms with Gasteiger partial charge in [0.05, 0.1) is 12.8 Å². The molecule has 2 rings (SSSR count). The van der Waals surface area contributed by atoms with Crippen LogP contribution in [0.2, 0.25) is 0 Å². The highest BCUT2D eigenvalue weighted by molar-refractivity contribution is 5.64. The van der Waals surface area contributed by atoms with E-state index in [9.17, 15) is 0 Å². The Balaban J connectivity index is 2.50.